The minimum Gasteiger partial charge on any atom is -0.463 e. The number of carbonyl (C=O) groups is 1. The van der Waals surface area contributed by atoms with Gasteiger partial charge in [0.05, 0.1) is 6.10 Å². The van der Waals surface area contributed by atoms with E-state index in [1.165, 1.54) is 0 Å². The highest BCUT2D eigenvalue weighted by molar-refractivity contribution is 8.04. The molecule has 0 amide bonds. The summed E-state index contributed by atoms with van der Waals surface area (Å²) in [5.74, 6) is 0.0146. The van der Waals surface area contributed by atoms with E-state index in [0.29, 0.717) is 10.7 Å². The number of esters is 1. The molecule has 0 aromatic heterocycles. The van der Waals surface area contributed by atoms with Crippen LogP contribution in [0.15, 0.2) is 10.7 Å². The third kappa shape index (κ3) is 1.65. The van der Waals surface area contributed by atoms with Crippen LogP contribution in [-0.2, 0) is 19.0 Å². The number of aliphatic hydroxyl groups is 2. The maximum absolute atomic E-state index is 11.4. The zero-order chi connectivity index (χ0) is 12.2. The highest BCUT2D eigenvalue weighted by atomic mass is 32.2. The van der Waals surface area contributed by atoms with Gasteiger partial charge >= 0.3 is 5.97 Å². The second kappa shape index (κ2) is 3.88. The Morgan fingerprint density at radius 3 is 2.88 bits per heavy atom. The van der Waals surface area contributed by atoms with Crippen molar-refractivity contribution in [1.82, 2.24) is 0 Å². The first-order chi connectivity index (χ1) is 8.08. The lowest BCUT2D eigenvalue weighted by atomic mass is 10.0. The maximum atomic E-state index is 11.4. The van der Waals surface area contributed by atoms with Crippen molar-refractivity contribution in [3.63, 3.8) is 0 Å². The van der Waals surface area contributed by atoms with E-state index in [9.17, 15) is 15.0 Å². The van der Waals surface area contributed by atoms with E-state index in [4.69, 9.17) is 14.2 Å². The van der Waals surface area contributed by atoms with Crippen LogP contribution in [-0.4, -0.2) is 52.6 Å². The van der Waals surface area contributed by atoms with Gasteiger partial charge in [-0.1, -0.05) is 0 Å². The van der Waals surface area contributed by atoms with Crippen LogP contribution in [0.3, 0.4) is 0 Å². The summed E-state index contributed by atoms with van der Waals surface area (Å²) in [4.78, 5) is 11.7. The number of ether oxygens (including phenoxy) is 3. The molecule has 94 valence electrons. The summed E-state index contributed by atoms with van der Waals surface area (Å²) in [5, 5.41) is 19.2. The van der Waals surface area contributed by atoms with Gasteiger partial charge in [-0.25, -0.2) is 4.79 Å². The highest BCUT2D eigenvalue weighted by Crippen LogP contribution is 2.43. The van der Waals surface area contributed by atoms with E-state index in [-0.39, 0.29) is 6.61 Å². The molecular formula is C10H12O6S. The standard InChI is InChI=1S/C10H12O6S/c1-3-5(11)6(12)8-10(15-3)16-4-2-14-9(13)7(4)17-8/h3,5-6,8,10-12H,2H2,1H3. The van der Waals surface area contributed by atoms with Crippen molar-refractivity contribution in [2.45, 2.75) is 36.8 Å². The molecular weight excluding hydrogens is 248 g/mol. The van der Waals surface area contributed by atoms with Gasteiger partial charge in [-0.15, -0.1) is 11.8 Å². The van der Waals surface area contributed by atoms with Gasteiger partial charge in [0.15, 0.2) is 12.4 Å². The van der Waals surface area contributed by atoms with Crippen molar-refractivity contribution >= 4 is 17.7 Å². The second-order valence-corrected chi connectivity index (χ2v) is 5.41. The molecule has 0 aliphatic carbocycles. The predicted molar refractivity (Wildman–Crippen MR) is 56.8 cm³/mol. The first-order valence-electron chi connectivity index (χ1n) is 5.33. The molecule has 1 fully saturated rings. The minimum absolute atomic E-state index is 0.112. The molecule has 0 aromatic rings. The molecule has 2 N–H and O–H groups in total. The van der Waals surface area contributed by atoms with E-state index in [0.717, 1.165) is 11.8 Å². The summed E-state index contributed by atoms with van der Waals surface area (Å²) in [6.07, 6.45) is -3.13. The topological polar surface area (TPSA) is 85.2 Å². The molecule has 3 heterocycles. The van der Waals surface area contributed by atoms with Gasteiger partial charge < -0.3 is 24.4 Å². The normalized spacial score (nSPS) is 44.9. The van der Waals surface area contributed by atoms with Crippen LogP contribution < -0.4 is 0 Å². The minimum atomic E-state index is -0.990. The van der Waals surface area contributed by atoms with Gasteiger partial charge in [-0.05, 0) is 6.92 Å². The molecule has 0 saturated carbocycles. The third-order valence-electron chi connectivity index (χ3n) is 3.07. The predicted octanol–water partition coefficient (Wildman–Crippen LogP) is -0.647. The van der Waals surface area contributed by atoms with Crippen molar-refractivity contribution in [3.8, 4) is 0 Å². The Balaban J connectivity index is 1.87. The average Bonchev–Trinajstić information content (AvgIpc) is 2.66. The lowest BCUT2D eigenvalue weighted by Crippen LogP contribution is -2.56. The fraction of sp³-hybridized carbons (Fsp3) is 0.700. The summed E-state index contributed by atoms with van der Waals surface area (Å²) >= 11 is 1.15. The molecule has 3 rings (SSSR count). The molecule has 1 saturated heterocycles. The van der Waals surface area contributed by atoms with Crippen molar-refractivity contribution < 1.29 is 29.2 Å². The number of thioether (sulfide) groups is 1. The van der Waals surface area contributed by atoms with Gasteiger partial charge in [0.1, 0.15) is 22.4 Å². The monoisotopic (exact) mass is 260 g/mol. The molecule has 3 aliphatic rings. The lowest BCUT2D eigenvalue weighted by Gasteiger charge is -2.42. The molecule has 0 spiro atoms. The van der Waals surface area contributed by atoms with Gasteiger partial charge in [-0.3, -0.25) is 0 Å². The van der Waals surface area contributed by atoms with Crippen LogP contribution in [0.4, 0.5) is 0 Å². The molecule has 0 radical (unpaired) electrons. The van der Waals surface area contributed by atoms with Crippen LogP contribution >= 0.6 is 11.8 Å². The Labute approximate surface area is 102 Å². The summed E-state index contributed by atoms with van der Waals surface area (Å²) in [6.45, 7) is 1.78. The Bertz CT molecular complexity index is 394. The summed E-state index contributed by atoms with van der Waals surface area (Å²) in [5.41, 5.74) is 0. The van der Waals surface area contributed by atoms with E-state index < -0.39 is 35.8 Å². The van der Waals surface area contributed by atoms with Crippen LogP contribution in [0, 0.1) is 0 Å². The highest BCUT2D eigenvalue weighted by Gasteiger charge is 2.50. The Morgan fingerprint density at radius 1 is 1.35 bits per heavy atom. The first-order valence-corrected chi connectivity index (χ1v) is 6.21. The fourth-order valence-electron chi connectivity index (χ4n) is 2.08. The molecule has 3 aliphatic heterocycles. The molecule has 0 bridgehead atoms. The zero-order valence-electron chi connectivity index (χ0n) is 9.03. The van der Waals surface area contributed by atoms with Crippen molar-refractivity contribution in [2.75, 3.05) is 6.61 Å². The molecule has 17 heavy (non-hydrogen) atoms. The number of carbonyl (C=O) groups excluding carboxylic acids is 1. The summed E-state index contributed by atoms with van der Waals surface area (Å²) in [7, 11) is 0. The van der Waals surface area contributed by atoms with Crippen LogP contribution in [0.2, 0.25) is 0 Å². The van der Waals surface area contributed by atoms with Crippen LogP contribution in [0.25, 0.3) is 0 Å². The largest absolute Gasteiger partial charge is 0.463 e. The average molecular weight is 260 g/mol. The quantitative estimate of drug-likeness (QED) is 0.560. The van der Waals surface area contributed by atoms with E-state index in [2.05, 4.69) is 0 Å². The maximum Gasteiger partial charge on any atom is 0.348 e. The fourth-order valence-corrected chi connectivity index (χ4v) is 3.27. The summed E-state index contributed by atoms with van der Waals surface area (Å²) < 4.78 is 15.8. The van der Waals surface area contributed by atoms with E-state index in [1.807, 2.05) is 0 Å². The van der Waals surface area contributed by atoms with E-state index in [1.54, 1.807) is 6.92 Å². The van der Waals surface area contributed by atoms with Gasteiger partial charge in [0, 0.05) is 0 Å². The Kier molecular flexibility index (Phi) is 2.58. The van der Waals surface area contributed by atoms with Gasteiger partial charge in [-0.2, -0.15) is 0 Å². The number of hydrogen-bond donors (Lipinski definition) is 2. The van der Waals surface area contributed by atoms with Crippen LogP contribution in [0.1, 0.15) is 6.92 Å². The Hall–Kier alpha value is -0.760. The molecule has 5 atom stereocenters. The molecule has 6 nitrogen and oxygen atoms in total. The number of cyclic esters (lactones) is 1. The third-order valence-corrected chi connectivity index (χ3v) is 4.47. The number of hydrogen-bond acceptors (Lipinski definition) is 7. The lowest BCUT2D eigenvalue weighted by molar-refractivity contribution is -0.230. The molecule has 7 heteroatoms. The smallest absolute Gasteiger partial charge is 0.348 e. The molecule has 5 unspecified atom stereocenters. The van der Waals surface area contributed by atoms with Gasteiger partial charge in [0.25, 0.3) is 0 Å². The van der Waals surface area contributed by atoms with Crippen molar-refractivity contribution in [2.24, 2.45) is 0 Å². The number of rotatable bonds is 0. The zero-order valence-corrected chi connectivity index (χ0v) is 9.85. The number of fused-ring (bicyclic) bond motifs is 1. The summed E-state index contributed by atoms with van der Waals surface area (Å²) in [6, 6.07) is 0. The number of aliphatic hydroxyl groups excluding tert-OH is 2. The van der Waals surface area contributed by atoms with Crippen molar-refractivity contribution in [3.05, 3.63) is 10.7 Å². The molecule has 0 aromatic carbocycles. The van der Waals surface area contributed by atoms with Gasteiger partial charge in [0.2, 0.25) is 6.29 Å². The van der Waals surface area contributed by atoms with Crippen molar-refractivity contribution in [1.29, 1.82) is 0 Å². The van der Waals surface area contributed by atoms with E-state index >= 15 is 0 Å². The Morgan fingerprint density at radius 2 is 2.12 bits per heavy atom. The second-order valence-electron chi connectivity index (χ2n) is 4.22. The van der Waals surface area contributed by atoms with Crippen LogP contribution in [0.5, 0.6) is 0 Å². The SMILES string of the molecule is CC1OC2OC3=C(SC2C(O)C1O)C(=O)OC3. The first kappa shape index (κ1) is 11.3.